The molecule has 0 bridgehead atoms. The molecule has 7 heteroatoms. The van der Waals surface area contributed by atoms with E-state index in [0.717, 1.165) is 0 Å². The van der Waals surface area contributed by atoms with Crippen LogP contribution in [0.25, 0.3) is 11.0 Å². The summed E-state index contributed by atoms with van der Waals surface area (Å²) in [6.07, 6.45) is -4.70. The lowest BCUT2D eigenvalue weighted by Gasteiger charge is -2.12. The van der Waals surface area contributed by atoms with E-state index in [4.69, 9.17) is 10.00 Å². The van der Waals surface area contributed by atoms with Gasteiger partial charge in [0.15, 0.2) is 0 Å². The Kier molecular flexibility index (Phi) is 3.58. The quantitative estimate of drug-likeness (QED) is 0.707. The van der Waals surface area contributed by atoms with Gasteiger partial charge in [-0.25, -0.2) is 9.97 Å². The van der Waals surface area contributed by atoms with Crippen molar-refractivity contribution in [2.75, 3.05) is 0 Å². The molecule has 0 radical (unpaired) electrons. The van der Waals surface area contributed by atoms with Crippen LogP contribution in [0.2, 0.25) is 0 Å². The molecule has 1 aromatic heterocycles. The van der Waals surface area contributed by atoms with Crippen molar-refractivity contribution >= 4 is 11.0 Å². The van der Waals surface area contributed by atoms with Gasteiger partial charge in [-0.05, 0) is 36.4 Å². The summed E-state index contributed by atoms with van der Waals surface area (Å²) in [6, 6.07) is 13.8. The van der Waals surface area contributed by atoms with Crippen LogP contribution in [0.1, 0.15) is 11.3 Å². The Balaban J connectivity index is 2.08. The maximum atomic E-state index is 13.2. The number of rotatable bonds is 2. The molecule has 0 saturated carbocycles. The van der Waals surface area contributed by atoms with E-state index in [-0.39, 0.29) is 11.3 Å². The number of nitriles is 1. The van der Waals surface area contributed by atoms with Crippen molar-refractivity contribution in [2.45, 2.75) is 6.18 Å². The predicted molar refractivity (Wildman–Crippen MR) is 75.8 cm³/mol. The zero-order chi connectivity index (χ0) is 16.4. The first-order valence-electron chi connectivity index (χ1n) is 6.49. The molecule has 0 spiro atoms. The Morgan fingerprint density at radius 3 is 2.09 bits per heavy atom. The highest BCUT2D eigenvalue weighted by molar-refractivity contribution is 5.74. The molecular weight excluding hydrogens is 307 g/mol. The number of alkyl halides is 3. The van der Waals surface area contributed by atoms with Crippen LogP contribution < -0.4 is 4.74 Å². The number of hydrogen-bond donors (Lipinski definition) is 0. The summed E-state index contributed by atoms with van der Waals surface area (Å²) in [7, 11) is 0. The maximum absolute atomic E-state index is 13.2. The second-order valence-electron chi connectivity index (χ2n) is 4.60. The second-order valence-corrected chi connectivity index (χ2v) is 4.60. The molecule has 0 unspecified atom stereocenters. The lowest BCUT2D eigenvalue weighted by Crippen LogP contribution is -2.11. The molecule has 3 aromatic rings. The molecule has 2 aromatic carbocycles. The summed E-state index contributed by atoms with van der Waals surface area (Å²) in [5.41, 5.74) is -0.394. The van der Waals surface area contributed by atoms with Gasteiger partial charge >= 0.3 is 6.18 Å². The summed E-state index contributed by atoms with van der Waals surface area (Å²) < 4.78 is 44.8. The minimum Gasteiger partial charge on any atom is -0.437 e. The molecule has 0 fully saturated rings. The third-order valence-corrected chi connectivity index (χ3v) is 3.01. The highest BCUT2D eigenvalue weighted by Gasteiger charge is 2.38. The molecule has 0 amide bonds. The predicted octanol–water partition coefficient (Wildman–Crippen LogP) is 4.31. The fourth-order valence-electron chi connectivity index (χ4n) is 1.95. The first-order valence-corrected chi connectivity index (χ1v) is 6.49. The van der Waals surface area contributed by atoms with Gasteiger partial charge in [-0.2, -0.15) is 18.4 Å². The molecule has 0 N–H and O–H groups in total. The minimum absolute atomic E-state index is 0.131. The SMILES string of the molecule is N#Cc1ccc(Oc2nc3ccccc3nc2C(F)(F)F)cc1. The lowest BCUT2D eigenvalue weighted by atomic mass is 10.2. The summed E-state index contributed by atoms with van der Waals surface area (Å²) in [6.45, 7) is 0. The molecule has 0 aliphatic heterocycles. The molecular formula is C16H8F3N3O. The van der Waals surface area contributed by atoms with Crippen LogP contribution in [0, 0.1) is 11.3 Å². The Bertz CT molecular complexity index is 899. The van der Waals surface area contributed by atoms with Gasteiger partial charge in [0, 0.05) is 0 Å². The van der Waals surface area contributed by atoms with Crippen molar-refractivity contribution in [1.82, 2.24) is 9.97 Å². The smallest absolute Gasteiger partial charge is 0.437 e. The average molecular weight is 315 g/mol. The molecule has 114 valence electrons. The van der Waals surface area contributed by atoms with Gasteiger partial charge in [-0.1, -0.05) is 12.1 Å². The van der Waals surface area contributed by atoms with E-state index >= 15 is 0 Å². The Hall–Kier alpha value is -3.14. The minimum atomic E-state index is -4.70. The largest absolute Gasteiger partial charge is 0.438 e. The molecule has 0 atom stereocenters. The Labute approximate surface area is 128 Å². The molecule has 0 aliphatic rings. The first-order chi connectivity index (χ1) is 11.0. The monoisotopic (exact) mass is 315 g/mol. The van der Waals surface area contributed by atoms with E-state index in [1.54, 1.807) is 18.2 Å². The Morgan fingerprint density at radius 1 is 0.913 bits per heavy atom. The molecule has 4 nitrogen and oxygen atoms in total. The normalized spacial score (nSPS) is 11.2. The highest BCUT2D eigenvalue weighted by Crippen LogP contribution is 2.36. The van der Waals surface area contributed by atoms with E-state index in [1.807, 2.05) is 6.07 Å². The number of fused-ring (bicyclic) bond motifs is 1. The molecule has 0 saturated heterocycles. The first kappa shape index (κ1) is 14.8. The van der Waals surface area contributed by atoms with Crippen molar-refractivity contribution in [2.24, 2.45) is 0 Å². The van der Waals surface area contributed by atoms with Gasteiger partial charge < -0.3 is 4.74 Å². The summed E-state index contributed by atoms with van der Waals surface area (Å²) >= 11 is 0. The number of hydrogen-bond acceptors (Lipinski definition) is 4. The average Bonchev–Trinajstić information content (AvgIpc) is 2.54. The van der Waals surface area contributed by atoms with Gasteiger partial charge in [0.05, 0.1) is 22.7 Å². The van der Waals surface area contributed by atoms with E-state index in [9.17, 15) is 13.2 Å². The van der Waals surface area contributed by atoms with E-state index in [2.05, 4.69) is 9.97 Å². The molecule has 1 heterocycles. The van der Waals surface area contributed by atoms with Crippen molar-refractivity contribution in [3.8, 4) is 17.7 Å². The summed E-state index contributed by atoms with van der Waals surface area (Å²) in [5, 5.41) is 8.73. The van der Waals surface area contributed by atoms with Crippen LogP contribution in [0.3, 0.4) is 0 Å². The number of benzene rings is 2. The number of halogens is 3. The summed E-state index contributed by atoms with van der Waals surface area (Å²) in [4.78, 5) is 7.52. The van der Waals surface area contributed by atoms with Gasteiger partial charge in [-0.3, -0.25) is 0 Å². The van der Waals surface area contributed by atoms with Crippen LogP contribution in [-0.2, 0) is 6.18 Å². The van der Waals surface area contributed by atoms with Gasteiger partial charge in [0.2, 0.25) is 5.69 Å². The summed E-state index contributed by atoms with van der Waals surface area (Å²) in [5.74, 6) is -0.486. The topological polar surface area (TPSA) is 58.8 Å². The molecule has 0 aliphatic carbocycles. The number of nitrogens with zero attached hydrogens (tertiary/aromatic N) is 3. The van der Waals surface area contributed by atoms with Gasteiger partial charge in [-0.15, -0.1) is 0 Å². The third-order valence-electron chi connectivity index (χ3n) is 3.01. The lowest BCUT2D eigenvalue weighted by molar-refractivity contribution is -0.142. The van der Waals surface area contributed by atoms with Gasteiger partial charge in [0.1, 0.15) is 5.75 Å². The molecule has 23 heavy (non-hydrogen) atoms. The van der Waals surface area contributed by atoms with Crippen molar-refractivity contribution in [3.63, 3.8) is 0 Å². The van der Waals surface area contributed by atoms with Crippen molar-refractivity contribution in [1.29, 1.82) is 5.26 Å². The molecule has 3 rings (SSSR count). The van der Waals surface area contributed by atoms with Crippen LogP contribution in [-0.4, -0.2) is 9.97 Å². The van der Waals surface area contributed by atoms with E-state index in [0.29, 0.717) is 11.1 Å². The highest BCUT2D eigenvalue weighted by atomic mass is 19.4. The Morgan fingerprint density at radius 2 is 1.52 bits per heavy atom. The van der Waals surface area contributed by atoms with E-state index in [1.165, 1.54) is 30.3 Å². The van der Waals surface area contributed by atoms with Crippen LogP contribution in [0.5, 0.6) is 11.6 Å². The fourth-order valence-corrected chi connectivity index (χ4v) is 1.95. The van der Waals surface area contributed by atoms with Crippen molar-refractivity contribution < 1.29 is 17.9 Å². The number of aromatic nitrogens is 2. The standard InChI is InChI=1S/C16H8F3N3O/c17-16(18,19)14-15(22-13-4-2-1-3-12(13)21-14)23-11-7-5-10(9-20)6-8-11/h1-8H. The van der Waals surface area contributed by atoms with Crippen LogP contribution in [0.4, 0.5) is 13.2 Å². The number of para-hydroxylation sites is 2. The van der Waals surface area contributed by atoms with Gasteiger partial charge in [0.25, 0.3) is 5.88 Å². The third kappa shape index (κ3) is 3.06. The van der Waals surface area contributed by atoms with E-state index < -0.39 is 17.8 Å². The second kappa shape index (κ2) is 5.57. The van der Waals surface area contributed by atoms with Crippen molar-refractivity contribution in [3.05, 3.63) is 59.8 Å². The van der Waals surface area contributed by atoms with Crippen LogP contribution >= 0.6 is 0 Å². The fraction of sp³-hybridized carbons (Fsp3) is 0.0625. The zero-order valence-electron chi connectivity index (χ0n) is 11.5. The van der Waals surface area contributed by atoms with Crippen LogP contribution in [0.15, 0.2) is 48.5 Å². The maximum Gasteiger partial charge on any atom is 0.438 e. The number of ether oxygens (including phenoxy) is 1. The zero-order valence-corrected chi connectivity index (χ0v) is 11.5.